The minimum absolute atomic E-state index is 0.210. The largest absolute Gasteiger partial charge is 0.354 e. The maximum Gasteiger partial charge on any atom is 0.280 e. The third-order valence-corrected chi connectivity index (χ3v) is 2.90. The van der Waals surface area contributed by atoms with Crippen molar-refractivity contribution in [2.24, 2.45) is 0 Å². The van der Waals surface area contributed by atoms with Crippen LogP contribution in [0.5, 0.6) is 0 Å². The second-order valence-corrected chi connectivity index (χ2v) is 4.09. The lowest BCUT2D eigenvalue weighted by Gasteiger charge is -2.03. The van der Waals surface area contributed by atoms with Gasteiger partial charge in [-0.1, -0.05) is 23.2 Å². The van der Waals surface area contributed by atoms with Gasteiger partial charge in [-0.15, -0.1) is 0 Å². The van der Waals surface area contributed by atoms with Crippen molar-refractivity contribution in [3.8, 4) is 0 Å². The normalized spacial score (nSPS) is 10.5. The van der Waals surface area contributed by atoms with Gasteiger partial charge in [0.1, 0.15) is 0 Å². The minimum atomic E-state index is -0.574. The van der Waals surface area contributed by atoms with Crippen LogP contribution < -0.4 is 10.9 Å². The number of benzene rings is 1. The van der Waals surface area contributed by atoms with E-state index in [2.05, 4.69) is 15.3 Å². The highest BCUT2D eigenvalue weighted by Crippen LogP contribution is 2.25. The second-order valence-electron chi connectivity index (χ2n) is 3.28. The number of hydrogen-bond acceptors (Lipinski definition) is 3. The van der Waals surface area contributed by atoms with Crippen molar-refractivity contribution in [3.63, 3.8) is 0 Å². The van der Waals surface area contributed by atoms with Gasteiger partial charge in [-0.05, 0) is 12.1 Å². The number of rotatable bonds is 1. The van der Waals surface area contributed by atoms with Crippen molar-refractivity contribution < 1.29 is 4.79 Å². The van der Waals surface area contributed by atoms with Crippen LogP contribution in [0.2, 0.25) is 10.0 Å². The number of amides is 1. The van der Waals surface area contributed by atoms with Gasteiger partial charge in [0, 0.05) is 7.05 Å². The number of hydrogen-bond donors (Lipinski definition) is 2. The van der Waals surface area contributed by atoms with E-state index in [4.69, 9.17) is 23.2 Å². The Balaban J connectivity index is 2.76. The molecule has 1 aromatic heterocycles. The Labute approximate surface area is 106 Å². The van der Waals surface area contributed by atoms with Crippen molar-refractivity contribution in [2.75, 3.05) is 7.05 Å². The van der Waals surface area contributed by atoms with Gasteiger partial charge in [0.15, 0.2) is 5.69 Å². The number of carbonyl (C=O) groups is 1. The fourth-order valence-corrected chi connectivity index (χ4v) is 1.68. The fourth-order valence-electron chi connectivity index (χ4n) is 1.35. The number of halogens is 2. The zero-order chi connectivity index (χ0) is 12.6. The summed E-state index contributed by atoms with van der Waals surface area (Å²) in [5, 5.41) is 2.95. The maximum atomic E-state index is 11.6. The average molecular weight is 272 g/mol. The van der Waals surface area contributed by atoms with Gasteiger partial charge in [0.05, 0.1) is 21.1 Å². The molecule has 2 rings (SSSR count). The van der Waals surface area contributed by atoms with E-state index in [1.807, 2.05) is 0 Å². The molecule has 1 heterocycles. The highest BCUT2D eigenvalue weighted by Gasteiger charge is 2.13. The SMILES string of the molecule is CNC(=O)c1nc2cc(Cl)c(Cl)cc2[nH]c1=O. The van der Waals surface area contributed by atoms with Crippen molar-refractivity contribution in [2.45, 2.75) is 0 Å². The topological polar surface area (TPSA) is 74.8 Å². The lowest BCUT2D eigenvalue weighted by Crippen LogP contribution is -2.28. The lowest BCUT2D eigenvalue weighted by molar-refractivity contribution is 0.0957. The molecular formula is C10H7Cl2N3O2. The molecule has 0 atom stereocenters. The monoisotopic (exact) mass is 271 g/mol. The number of aromatic amines is 1. The molecule has 0 fully saturated rings. The molecule has 5 nitrogen and oxygen atoms in total. The Morgan fingerprint density at radius 2 is 2.00 bits per heavy atom. The molecule has 0 aliphatic rings. The zero-order valence-electron chi connectivity index (χ0n) is 8.67. The number of carbonyl (C=O) groups excluding carboxylic acids is 1. The molecule has 1 aromatic carbocycles. The van der Waals surface area contributed by atoms with Gasteiger partial charge in [-0.3, -0.25) is 9.59 Å². The fraction of sp³-hybridized carbons (Fsp3) is 0.100. The molecule has 0 bridgehead atoms. The summed E-state index contributed by atoms with van der Waals surface area (Å²) in [5.74, 6) is -0.556. The van der Waals surface area contributed by atoms with Crippen LogP contribution in [-0.4, -0.2) is 22.9 Å². The summed E-state index contributed by atoms with van der Waals surface area (Å²) in [6.07, 6.45) is 0. The maximum absolute atomic E-state index is 11.6. The molecule has 2 N–H and O–H groups in total. The summed E-state index contributed by atoms with van der Waals surface area (Å²) in [6, 6.07) is 2.98. The molecule has 88 valence electrons. The van der Waals surface area contributed by atoms with E-state index in [1.165, 1.54) is 19.2 Å². The Bertz CT molecular complexity index is 666. The molecule has 7 heteroatoms. The first-order valence-corrected chi connectivity index (χ1v) is 5.39. The predicted molar refractivity (Wildman–Crippen MR) is 65.8 cm³/mol. The number of H-pyrrole nitrogens is 1. The van der Waals surface area contributed by atoms with Crippen molar-refractivity contribution >= 4 is 40.1 Å². The van der Waals surface area contributed by atoms with E-state index in [0.29, 0.717) is 21.1 Å². The Hall–Kier alpha value is -1.59. The zero-order valence-corrected chi connectivity index (χ0v) is 10.2. The van der Waals surface area contributed by atoms with Crippen molar-refractivity contribution in [3.05, 3.63) is 38.2 Å². The van der Waals surface area contributed by atoms with E-state index in [0.717, 1.165) is 0 Å². The average Bonchev–Trinajstić information content (AvgIpc) is 2.30. The van der Waals surface area contributed by atoms with Crippen LogP contribution >= 0.6 is 23.2 Å². The smallest absolute Gasteiger partial charge is 0.280 e. The van der Waals surface area contributed by atoms with Gasteiger partial charge in [0.25, 0.3) is 11.5 Å². The Morgan fingerprint density at radius 3 is 2.65 bits per heavy atom. The molecule has 17 heavy (non-hydrogen) atoms. The quantitative estimate of drug-likeness (QED) is 0.827. The molecule has 0 spiro atoms. The van der Waals surface area contributed by atoms with Gasteiger partial charge < -0.3 is 10.3 Å². The van der Waals surface area contributed by atoms with Gasteiger partial charge >= 0.3 is 0 Å². The molecule has 0 aliphatic carbocycles. The van der Waals surface area contributed by atoms with Gasteiger partial charge in [-0.2, -0.15) is 0 Å². The molecular weight excluding hydrogens is 265 g/mol. The van der Waals surface area contributed by atoms with Crippen LogP contribution in [0.4, 0.5) is 0 Å². The van der Waals surface area contributed by atoms with E-state index >= 15 is 0 Å². The van der Waals surface area contributed by atoms with Crippen LogP contribution in [-0.2, 0) is 0 Å². The summed E-state index contributed by atoms with van der Waals surface area (Å²) in [6.45, 7) is 0. The van der Waals surface area contributed by atoms with Crippen LogP contribution in [0.25, 0.3) is 11.0 Å². The van der Waals surface area contributed by atoms with Crippen LogP contribution in [0, 0.1) is 0 Å². The predicted octanol–water partition coefficient (Wildman–Crippen LogP) is 1.59. The van der Waals surface area contributed by atoms with Gasteiger partial charge in [-0.25, -0.2) is 4.98 Å². The Kier molecular flexibility index (Phi) is 3.04. The third-order valence-electron chi connectivity index (χ3n) is 2.18. The number of aromatic nitrogens is 2. The van der Waals surface area contributed by atoms with Crippen LogP contribution in [0.3, 0.4) is 0 Å². The van der Waals surface area contributed by atoms with Crippen LogP contribution in [0.15, 0.2) is 16.9 Å². The van der Waals surface area contributed by atoms with Gasteiger partial charge in [0.2, 0.25) is 0 Å². The van der Waals surface area contributed by atoms with Crippen molar-refractivity contribution in [1.29, 1.82) is 0 Å². The Morgan fingerprint density at radius 1 is 1.35 bits per heavy atom. The van der Waals surface area contributed by atoms with E-state index in [9.17, 15) is 9.59 Å². The standard InChI is InChI=1S/C10H7Cl2N3O2/c1-13-9(16)8-10(17)15-7-3-5(12)4(11)2-6(7)14-8/h2-3H,1H3,(H,13,16)(H,15,17). The first kappa shape index (κ1) is 11.9. The van der Waals surface area contributed by atoms with Crippen molar-refractivity contribution in [1.82, 2.24) is 15.3 Å². The number of nitrogens with zero attached hydrogens (tertiary/aromatic N) is 1. The highest BCUT2D eigenvalue weighted by molar-refractivity contribution is 6.42. The summed E-state index contributed by atoms with van der Waals surface area (Å²) in [5.41, 5.74) is 0.0447. The lowest BCUT2D eigenvalue weighted by atomic mass is 10.3. The van der Waals surface area contributed by atoms with Crippen LogP contribution in [0.1, 0.15) is 10.5 Å². The highest BCUT2D eigenvalue weighted by atomic mass is 35.5. The summed E-state index contributed by atoms with van der Waals surface area (Å²) < 4.78 is 0. The molecule has 1 amide bonds. The summed E-state index contributed by atoms with van der Waals surface area (Å²) >= 11 is 11.6. The molecule has 0 unspecified atom stereocenters. The molecule has 0 aliphatic heterocycles. The van der Waals surface area contributed by atoms with E-state index in [-0.39, 0.29) is 5.69 Å². The van der Waals surface area contributed by atoms with E-state index < -0.39 is 11.5 Å². The summed E-state index contributed by atoms with van der Waals surface area (Å²) in [7, 11) is 1.42. The first-order valence-electron chi connectivity index (χ1n) is 4.64. The molecule has 0 saturated heterocycles. The number of nitrogens with one attached hydrogen (secondary N) is 2. The molecule has 2 aromatic rings. The third kappa shape index (κ3) is 2.11. The minimum Gasteiger partial charge on any atom is -0.354 e. The first-order chi connectivity index (χ1) is 8.02. The molecule has 0 saturated carbocycles. The molecule has 0 radical (unpaired) electrons. The summed E-state index contributed by atoms with van der Waals surface area (Å²) in [4.78, 5) is 29.4. The second kappa shape index (κ2) is 4.35. The number of fused-ring (bicyclic) bond motifs is 1. The van der Waals surface area contributed by atoms with E-state index in [1.54, 1.807) is 0 Å².